The van der Waals surface area contributed by atoms with Gasteiger partial charge in [0.25, 0.3) is 0 Å². The summed E-state index contributed by atoms with van der Waals surface area (Å²) in [7, 11) is 0. The number of carbonyl (C=O) groups is 2. The van der Waals surface area contributed by atoms with E-state index in [1.165, 1.54) is 0 Å². The minimum atomic E-state index is -0.248. The lowest BCUT2D eigenvalue weighted by Crippen LogP contribution is -2.51. The van der Waals surface area contributed by atoms with E-state index in [0.717, 1.165) is 17.8 Å². The zero-order valence-corrected chi connectivity index (χ0v) is 11.3. The summed E-state index contributed by atoms with van der Waals surface area (Å²) in [5, 5.41) is 5.67. The average molecular weight is 261 g/mol. The van der Waals surface area contributed by atoms with Gasteiger partial charge in [0.2, 0.25) is 11.8 Å². The quantitative estimate of drug-likeness (QED) is 0.788. The Morgan fingerprint density at radius 2 is 1.89 bits per heavy atom. The van der Waals surface area contributed by atoms with E-state index in [9.17, 15) is 9.59 Å². The van der Waals surface area contributed by atoms with Crippen LogP contribution in [0.15, 0.2) is 24.3 Å². The predicted octanol–water partition coefficient (Wildman–Crippen LogP) is 0.820. The molecule has 1 atom stereocenters. The number of nitrogens with one attached hydrogen (secondary N) is 2. The maximum Gasteiger partial charge on any atom is 0.246 e. The fourth-order valence-corrected chi connectivity index (χ4v) is 2.37. The smallest absolute Gasteiger partial charge is 0.246 e. The number of hydrogen-bond acceptors (Lipinski definition) is 4. The molecule has 0 aliphatic carbocycles. The van der Waals surface area contributed by atoms with Gasteiger partial charge in [0.05, 0.1) is 13.1 Å². The Balaban J connectivity index is 2.28. The van der Waals surface area contributed by atoms with Crippen LogP contribution in [0.5, 0.6) is 0 Å². The van der Waals surface area contributed by atoms with Gasteiger partial charge in [0, 0.05) is 11.7 Å². The molecule has 0 bridgehead atoms. The molecule has 2 amide bonds. The number of amides is 2. The fraction of sp³-hybridized carbons (Fsp3) is 0.429. The van der Waals surface area contributed by atoms with Crippen LogP contribution >= 0.6 is 0 Å². The van der Waals surface area contributed by atoms with Crippen LogP contribution < -0.4 is 15.5 Å². The van der Waals surface area contributed by atoms with Crippen LogP contribution in [0.25, 0.3) is 0 Å². The van der Waals surface area contributed by atoms with Gasteiger partial charge >= 0.3 is 0 Å². The normalized spacial score (nSPS) is 17.3. The van der Waals surface area contributed by atoms with E-state index in [4.69, 9.17) is 0 Å². The van der Waals surface area contributed by atoms with Crippen LogP contribution in [0.1, 0.15) is 25.5 Å². The van der Waals surface area contributed by atoms with E-state index in [2.05, 4.69) is 24.5 Å². The second kappa shape index (κ2) is 5.84. The van der Waals surface area contributed by atoms with Crippen molar-refractivity contribution in [2.75, 3.05) is 24.5 Å². The molecule has 1 fully saturated rings. The molecule has 5 heteroatoms. The molecule has 1 aliphatic rings. The number of anilines is 1. The summed E-state index contributed by atoms with van der Waals surface area (Å²) in [4.78, 5) is 24.8. The van der Waals surface area contributed by atoms with Crippen molar-refractivity contribution in [3.8, 4) is 0 Å². The van der Waals surface area contributed by atoms with Crippen molar-refractivity contribution in [2.24, 2.45) is 0 Å². The molecule has 102 valence electrons. The summed E-state index contributed by atoms with van der Waals surface area (Å²) in [5.74, 6) is -0.496. The standard InChI is InChI=1S/C14H19N3O2/c1-3-15-10(2)11-6-4-5-7-12(11)17-8-13(18)16-14(19)9-17/h4-7,10,15H,3,8-9H2,1-2H3,(H,16,18,19). The van der Waals surface area contributed by atoms with Crippen molar-refractivity contribution in [1.29, 1.82) is 0 Å². The first-order valence-corrected chi connectivity index (χ1v) is 6.51. The lowest BCUT2D eigenvalue weighted by atomic mass is 10.0. The van der Waals surface area contributed by atoms with Crippen molar-refractivity contribution in [3.63, 3.8) is 0 Å². The van der Waals surface area contributed by atoms with Crippen LogP contribution in [-0.4, -0.2) is 31.4 Å². The lowest BCUT2D eigenvalue weighted by molar-refractivity contribution is -0.130. The van der Waals surface area contributed by atoms with Crippen molar-refractivity contribution < 1.29 is 9.59 Å². The third-order valence-electron chi connectivity index (χ3n) is 3.20. The maximum atomic E-state index is 11.5. The van der Waals surface area contributed by atoms with Crippen LogP contribution in [0.2, 0.25) is 0 Å². The molecule has 1 unspecified atom stereocenters. The van der Waals surface area contributed by atoms with Crippen molar-refractivity contribution in [3.05, 3.63) is 29.8 Å². The molecule has 0 aromatic heterocycles. The van der Waals surface area contributed by atoms with E-state index in [1.807, 2.05) is 29.2 Å². The Kier molecular flexibility index (Phi) is 4.16. The predicted molar refractivity (Wildman–Crippen MR) is 73.9 cm³/mol. The first-order valence-electron chi connectivity index (χ1n) is 6.51. The van der Waals surface area contributed by atoms with E-state index in [-0.39, 0.29) is 30.9 Å². The third kappa shape index (κ3) is 3.12. The summed E-state index contributed by atoms with van der Waals surface area (Å²) < 4.78 is 0. The second-order valence-electron chi connectivity index (χ2n) is 4.67. The summed E-state index contributed by atoms with van der Waals surface area (Å²) in [6.45, 7) is 5.45. The Bertz CT molecular complexity index is 471. The average Bonchev–Trinajstić information content (AvgIpc) is 2.38. The molecule has 1 aliphatic heterocycles. The number of nitrogens with zero attached hydrogens (tertiary/aromatic N) is 1. The number of benzene rings is 1. The van der Waals surface area contributed by atoms with Gasteiger partial charge in [-0.05, 0) is 25.1 Å². The van der Waals surface area contributed by atoms with Gasteiger partial charge in [-0.1, -0.05) is 25.1 Å². The largest absolute Gasteiger partial charge is 0.353 e. The van der Waals surface area contributed by atoms with Crippen LogP contribution in [0, 0.1) is 0 Å². The topological polar surface area (TPSA) is 61.4 Å². The molecule has 1 aromatic carbocycles. The van der Waals surface area contributed by atoms with Gasteiger partial charge < -0.3 is 10.2 Å². The highest BCUT2D eigenvalue weighted by atomic mass is 16.2. The molecule has 19 heavy (non-hydrogen) atoms. The summed E-state index contributed by atoms with van der Waals surface area (Å²) in [6, 6.07) is 8.06. The van der Waals surface area contributed by atoms with Gasteiger partial charge in [-0.25, -0.2) is 0 Å². The number of rotatable bonds is 4. The first-order chi connectivity index (χ1) is 9.11. The van der Waals surface area contributed by atoms with E-state index in [1.54, 1.807) is 0 Å². The molecular formula is C14H19N3O2. The van der Waals surface area contributed by atoms with Crippen LogP contribution in [-0.2, 0) is 9.59 Å². The zero-order valence-electron chi connectivity index (χ0n) is 11.3. The summed E-state index contributed by atoms with van der Waals surface area (Å²) >= 11 is 0. The molecule has 2 N–H and O–H groups in total. The first kappa shape index (κ1) is 13.5. The Morgan fingerprint density at radius 1 is 1.26 bits per heavy atom. The van der Waals surface area contributed by atoms with E-state index in [0.29, 0.717) is 0 Å². The maximum absolute atomic E-state index is 11.5. The Hall–Kier alpha value is -1.88. The third-order valence-corrected chi connectivity index (χ3v) is 3.20. The SMILES string of the molecule is CCNC(C)c1ccccc1N1CC(=O)NC(=O)C1. The summed E-state index contributed by atoms with van der Waals surface area (Å²) in [6.07, 6.45) is 0. The lowest BCUT2D eigenvalue weighted by Gasteiger charge is -2.30. The minimum Gasteiger partial charge on any atom is -0.353 e. The van der Waals surface area contributed by atoms with Gasteiger partial charge in [-0.15, -0.1) is 0 Å². The molecule has 0 radical (unpaired) electrons. The number of hydrogen-bond donors (Lipinski definition) is 2. The van der Waals surface area contributed by atoms with Crippen LogP contribution in [0.3, 0.4) is 0 Å². The highest BCUT2D eigenvalue weighted by molar-refractivity contribution is 6.02. The van der Waals surface area contributed by atoms with Gasteiger partial charge in [-0.2, -0.15) is 0 Å². The highest BCUT2D eigenvalue weighted by Gasteiger charge is 2.24. The minimum absolute atomic E-state index is 0.182. The monoisotopic (exact) mass is 261 g/mol. The highest BCUT2D eigenvalue weighted by Crippen LogP contribution is 2.26. The molecule has 0 saturated carbocycles. The van der Waals surface area contributed by atoms with Gasteiger partial charge in [0.1, 0.15) is 0 Å². The molecule has 5 nitrogen and oxygen atoms in total. The van der Waals surface area contributed by atoms with Crippen molar-refractivity contribution >= 4 is 17.5 Å². The molecule has 2 rings (SSSR count). The Morgan fingerprint density at radius 3 is 2.53 bits per heavy atom. The van der Waals surface area contributed by atoms with Crippen molar-refractivity contribution in [1.82, 2.24) is 10.6 Å². The van der Waals surface area contributed by atoms with Gasteiger partial charge in [0.15, 0.2) is 0 Å². The van der Waals surface area contributed by atoms with Crippen molar-refractivity contribution in [2.45, 2.75) is 19.9 Å². The van der Waals surface area contributed by atoms with E-state index >= 15 is 0 Å². The molecule has 1 heterocycles. The fourth-order valence-electron chi connectivity index (χ4n) is 2.37. The molecule has 1 aromatic rings. The number of carbonyl (C=O) groups excluding carboxylic acids is 2. The number of para-hydroxylation sites is 1. The molecular weight excluding hydrogens is 242 g/mol. The second-order valence-corrected chi connectivity index (χ2v) is 4.67. The zero-order chi connectivity index (χ0) is 13.8. The molecule has 0 spiro atoms. The van der Waals surface area contributed by atoms with Gasteiger partial charge in [-0.3, -0.25) is 14.9 Å². The van der Waals surface area contributed by atoms with E-state index < -0.39 is 0 Å². The molecule has 1 saturated heterocycles. The Labute approximate surface area is 113 Å². The number of piperazine rings is 1. The van der Waals surface area contributed by atoms with Crippen LogP contribution in [0.4, 0.5) is 5.69 Å². The number of imide groups is 1. The summed E-state index contributed by atoms with van der Waals surface area (Å²) in [5.41, 5.74) is 2.05.